The van der Waals surface area contributed by atoms with E-state index < -0.39 is 17.9 Å². The van der Waals surface area contributed by atoms with Crippen molar-refractivity contribution in [3.8, 4) is 0 Å². The summed E-state index contributed by atoms with van der Waals surface area (Å²) in [6.07, 6.45) is -3.31. The predicted octanol–water partition coefficient (Wildman–Crippen LogP) is 4.49. The largest absolute Gasteiger partial charge is 0.453 e. The summed E-state index contributed by atoms with van der Waals surface area (Å²) in [6, 6.07) is 6.84. The van der Waals surface area contributed by atoms with Crippen LogP contribution in [0.25, 0.3) is 5.78 Å². The van der Waals surface area contributed by atoms with Crippen molar-refractivity contribution in [1.29, 1.82) is 0 Å². The highest BCUT2D eigenvalue weighted by Gasteiger charge is 2.37. The fourth-order valence-electron chi connectivity index (χ4n) is 3.33. The van der Waals surface area contributed by atoms with Crippen LogP contribution >= 0.6 is 23.2 Å². The maximum Gasteiger partial charge on any atom is 0.453 e. The standard InChI is InChI=1S/C20H16Cl2F3N7O/c1-10-13(11(2)32-19(27-10)29-18(30-32)20(23,24)25)8-16(33)28-15-6-7-26-31(15)9-12-4-3-5-14(21)17(12)22/h3-7H,8-9H2,1-2H3,(H,28,33). The van der Waals surface area contributed by atoms with E-state index in [0.29, 0.717) is 32.8 Å². The molecule has 0 aliphatic rings. The van der Waals surface area contributed by atoms with E-state index in [1.165, 1.54) is 6.20 Å². The molecule has 0 spiro atoms. The van der Waals surface area contributed by atoms with Crippen molar-refractivity contribution in [2.24, 2.45) is 0 Å². The number of aryl methyl sites for hydroxylation is 2. The Kier molecular flexibility index (Phi) is 6.02. The number of rotatable bonds is 5. The molecule has 0 bridgehead atoms. The average Bonchev–Trinajstić information content (AvgIpc) is 3.35. The molecule has 172 valence electrons. The van der Waals surface area contributed by atoms with Gasteiger partial charge in [-0.15, -0.1) is 5.10 Å². The summed E-state index contributed by atoms with van der Waals surface area (Å²) >= 11 is 12.3. The molecular formula is C20H16Cl2F3N7O. The molecule has 0 aliphatic carbocycles. The summed E-state index contributed by atoms with van der Waals surface area (Å²) in [4.78, 5) is 20.3. The number of carbonyl (C=O) groups excluding carboxylic acids is 1. The number of carbonyl (C=O) groups is 1. The van der Waals surface area contributed by atoms with Crippen molar-refractivity contribution in [2.45, 2.75) is 33.0 Å². The molecule has 1 amide bonds. The van der Waals surface area contributed by atoms with E-state index in [4.69, 9.17) is 23.2 Å². The van der Waals surface area contributed by atoms with Gasteiger partial charge in [-0.2, -0.15) is 23.3 Å². The molecule has 1 N–H and O–H groups in total. The van der Waals surface area contributed by atoms with Crippen molar-refractivity contribution in [3.63, 3.8) is 0 Å². The molecule has 0 aliphatic heterocycles. The predicted molar refractivity (Wildman–Crippen MR) is 115 cm³/mol. The van der Waals surface area contributed by atoms with Gasteiger partial charge in [-0.25, -0.2) is 14.2 Å². The zero-order valence-electron chi connectivity index (χ0n) is 17.3. The fourth-order valence-corrected chi connectivity index (χ4v) is 3.71. The highest BCUT2D eigenvalue weighted by atomic mass is 35.5. The molecule has 4 rings (SSSR count). The lowest BCUT2D eigenvalue weighted by Crippen LogP contribution is -2.20. The van der Waals surface area contributed by atoms with Crippen molar-refractivity contribution < 1.29 is 18.0 Å². The number of hydrogen-bond acceptors (Lipinski definition) is 5. The van der Waals surface area contributed by atoms with Crippen molar-refractivity contribution in [2.75, 3.05) is 5.32 Å². The number of anilines is 1. The number of aromatic nitrogens is 6. The minimum Gasteiger partial charge on any atom is -0.311 e. The van der Waals surface area contributed by atoms with Crippen LogP contribution in [-0.4, -0.2) is 35.3 Å². The number of nitrogens with one attached hydrogen (secondary N) is 1. The lowest BCUT2D eigenvalue weighted by molar-refractivity contribution is -0.144. The molecule has 4 aromatic rings. The van der Waals surface area contributed by atoms with Gasteiger partial charge < -0.3 is 5.32 Å². The first-order chi connectivity index (χ1) is 15.5. The third-order valence-corrected chi connectivity index (χ3v) is 5.83. The third-order valence-electron chi connectivity index (χ3n) is 4.98. The molecule has 0 saturated carbocycles. The lowest BCUT2D eigenvalue weighted by atomic mass is 10.1. The zero-order valence-corrected chi connectivity index (χ0v) is 18.8. The van der Waals surface area contributed by atoms with Crippen LogP contribution in [0.2, 0.25) is 10.0 Å². The topological polar surface area (TPSA) is 90.0 Å². The van der Waals surface area contributed by atoms with Crippen molar-refractivity contribution >= 4 is 40.7 Å². The molecule has 0 atom stereocenters. The average molecular weight is 498 g/mol. The minimum atomic E-state index is -4.70. The Morgan fingerprint density at radius 3 is 2.64 bits per heavy atom. The van der Waals surface area contributed by atoms with Gasteiger partial charge in [-0.1, -0.05) is 35.3 Å². The Hall–Kier alpha value is -3.18. The molecule has 8 nitrogen and oxygen atoms in total. The van der Waals surface area contributed by atoms with E-state index in [2.05, 4.69) is 25.5 Å². The summed E-state index contributed by atoms with van der Waals surface area (Å²) in [5, 5.41) is 11.3. The number of halogens is 5. The second-order valence-corrected chi connectivity index (χ2v) is 8.00. The van der Waals surface area contributed by atoms with Gasteiger partial charge in [0.2, 0.25) is 5.91 Å². The smallest absolute Gasteiger partial charge is 0.311 e. The summed E-state index contributed by atoms with van der Waals surface area (Å²) < 4.78 is 41.4. The van der Waals surface area contributed by atoms with Crippen LogP contribution in [0.4, 0.5) is 19.0 Å². The second-order valence-electron chi connectivity index (χ2n) is 7.22. The van der Waals surface area contributed by atoms with Crippen molar-refractivity contribution in [3.05, 3.63) is 68.8 Å². The Bertz CT molecular complexity index is 1360. The molecule has 13 heteroatoms. The summed E-state index contributed by atoms with van der Waals surface area (Å²) in [5.41, 5.74) is 1.89. The molecule has 0 radical (unpaired) electrons. The highest BCUT2D eigenvalue weighted by molar-refractivity contribution is 6.42. The highest BCUT2D eigenvalue weighted by Crippen LogP contribution is 2.28. The molecule has 3 heterocycles. The van der Waals surface area contributed by atoms with E-state index in [1.54, 1.807) is 42.8 Å². The number of amides is 1. The van der Waals surface area contributed by atoms with Crippen LogP contribution in [0.15, 0.2) is 30.5 Å². The molecule has 0 fully saturated rings. The van der Waals surface area contributed by atoms with E-state index in [9.17, 15) is 18.0 Å². The molecule has 3 aromatic heterocycles. The summed E-state index contributed by atoms with van der Waals surface area (Å²) in [5.74, 6) is -1.46. The van der Waals surface area contributed by atoms with Gasteiger partial charge in [-0.3, -0.25) is 4.79 Å². The number of alkyl halides is 3. The first-order valence-corrected chi connectivity index (χ1v) is 10.3. The van der Waals surface area contributed by atoms with Gasteiger partial charge in [0, 0.05) is 23.0 Å². The number of benzene rings is 1. The molecule has 0 saturated heterocycles. The Labute approximate surface area is 195 Å². The Balaban J connectivity index is 1.55. The van der Waals surface area contributed by atoms with Crippen LogP contribution in [-0.2, 0) is 23.9 Å². The lowest BCUT2D eigenvalue weighted by Gasteiger charge is -2.12. The van der Waals surface area contributed by atoms with Gasteiger partial charge >= 0.3 is 6.18 Å². The maximum atomic E-state index is 13.0. The quantitative estimate of drug-likeness (QED) is 0.438. The van der Waals surface area contributed by atoms with Gasteiger partial charge in [0.05, 0.1) is 29.2 Å². The van der Waals surface area contributed by atoms with Crippen LogP contribution in [0, 0.1) is 13.8 Å². The van der Waals surface area contributed by atoms with Gasteiger partial charge in [0.1, 0.15) is 5.82 Å². The van der Waals surface area contributed by atoms with Crippen LogP contribution in [0.1, 0.15) is 28.3 Å². The number of nitrogens with zero attached hydrogens (tertiary/aromatic N) is 6. The van der Waals surface area contributed by atoms with E-state index in [0.717, 1.165) is 10.1 Å². The summed E-state index contributed by atoms with van der Waals surface area (Å²) in [6.45, 7) is 3.43. The second kappa shape index (κ2) is 8.64. The molecule has 0 unspecified atom stereocenters. The zero-order chi connectivity index (χ0) is 23.9. The Morgan fingerprint density at radius 1 is 1.15 bits per heavy atom. The first kappa shape index (κ1) is 23.0. The molecule has 1 aromatic carbocycles. The SMILES string of the molecule is Cc1nc2nc(C(F)(F)F)nn2c(C)c1CC(=O)Nc1ccnn1Cc1cccc(Cl)c1Cl. The van der Waals surface area contributed by atoms with Crippen LogP contribution in [0.5, 0.6) is 0 Å². The van der Waals surface area contributed by atoms with Crippen molar-refractivity contribution in [1.82, 2.24) is 29.4 Å². The number of hydrogen-bond donors (Lipinski definition) is 1. The maximum absolute atomic E-state index is 13.0. The minimum absolute atomic E-state index is 0.134. The fraction of sp³-hybridized carbons (Fsp3) is 0.250. The molecule has 33 heavy (non-hydrogen) atoms. The van der Waals surface area contributed by atoms with Crippen LogP contribution < -0.4 is 5.32 Å². The van der Waals surface area contributed by atoms with E-state index in [-0.39, 0.29) is 18.7 Å². The van der Waals surface area contributed by atoms with Gasteiger partial charge in [0.15, 0.2) is 0 Å². The number of fused-ring (bicyclic) bond motifs is 1. The normalized spacial score (nSPS) is 11.8. The van der Waals surface area contributed by atoms with Crippen LogP contribution in [0.3, 0.4) is 0 Å². The van der Waals surface area contributed by atoms with E-state index in [1.807, 2.05) is 0 Å². The summed E-state index contributed by atoms with van der Waals surface area (Å²) in [7, 11) is 0. The van der Waals surface area contributed by atoms with E-state index >= 15 is 0 Å². The first-order valence-electron chi connectivity index (χ1n) is 9.59. The van der Waals surface area contributed by atoms with Gasteiger partial charge in [-0.05, 0) is 25.5 Å². The third kappa shape index (κ3) is 4.64. The monoisotopic (exact) mass is 497 g/mol. The van der Waals surface area contributed by atoms with Gasteiger partial charge in [0.25, 0.3) is 11.6 Å². The molecular weight excluding hydrogens is 482 g/mol. The Morgan fingerprint density at radius 2 is 1.91 bits per heavy atom.